The molecule has 0 aliphatic carbocycles. The summed E-state index contributed by atoms with van der Waals surface area (Å²) < 4.78 is 0. The summed E-state index contributed by atoms with van der Waals surface area (Å²) >= 11 is 1.27. The van der Waals surface area contributed by atoms with Crippen LogP contribution >= 0.6 is 11.3 Å². The highest BCUT2D eigenvalue weighted by molar-refractivity contribution is 7.18. The highest BCUT2D eigenvalue weighted by Crippen LogP contribution is 2.26. The van der Waals surface area contributed by atoms with Crippen LogP contribution in [-0.2, 0) is 0 Å². The zero-order chi connectivity index (χ0) is 15.3. The molecule has 0 fully saturated rings. The van der Waals surface area contributed by atoms with Crippen LogP contribution in [-0.4, -0.2) is 47.1 Å². The van der Waals surface area contributed by atoms with E-state index < -0.39 is 6.10 Å². The van der Waals surface area contributed by atoms with Crippen molar-refractivity contribution < 1.29 is 9.90 Å². The number of nitrogen functional groups attached to an aromatic ring is 1. The zero-order valence-electron chi connectivity index (χ0n) is 12.5. The Morgan fingerprint density at radius 2 is 2.15 bits per heavy atom. The van der Waals surface area contributed by atoms with Gasteiger partial charge < -0.3 is 21.1 Å². The Morgan fingerprint density at radius 1 is 1.50 bits per heavy atom. The molecule has 6 nitrogen and oxygen atoms in total. The smallest absolute Gasteiger partial charge is 0.267 e. The van der Waals surface area contributed by atoms with Gasteiger partial charge in [0, 0.05) is 20.1 Å². The van der Waals surface area contributed by atoms with Crippen molar-refractivity contribution in [1.82, 2.24) is 9.88 Å². The Morgan fingerprint density at radius 3 is 2.70 bits per heavy atom. The first-order chi connectivity index (χ1) is 9.31. The number of nitrogens with two attached hydrogens (primary N) is 1. The number of aliphatic hydroxyl groups is 1. The second kappa shape index (κ2) is 7.44. The van der Waals surface area contributed by atoms with E-state index in [9.17, 15) is 9.90 Å². The van der Waals surface area contributed by atoms with Gasteiger partial charge in [0.05, 0.1) is 6.10 Å². The van der Waals surface area contributed by atoms with Gasteiger partial charge in [-0.1, -0.05) is 25.2 Å². The third kappa shape index (κ3) is 4.97. The van der Waals surface area contributed by atoms with E-state index in [0.717, 1.165) is 6.54 Å². The van der Waals surface area contributed by atoms with E-state index in [4.69, 9.17) is 5.73 Å². The summed E-state index contributed by atoms with van der Waals surface area (Å²) in [6.45, 7) is 7.17. The fraction of sp³-hybridized carbons (Fsp3) is 0.692. The van der Waals surface area contributed by atoms with Crippen LogP contribution in [0.3, 0.4) is 0 Å². The average molecular weight is 300 g/mol. The molecular formula is C13H24N4O2S. The molecule has 0 saturated carbocycles. The summed E-state index contributed by atoms with van der Waals surface area (Å²) in [5, 5.41) is 13.1. The number of rotatable bonds is 7. The number of hydrogen-bond donors (Lipinski definition) is 3. The number of anilines is 2. The number of aliphatic hydroxyl groups excluding tert-OH is 1. The highest BCUT2D eigenvalue weighted by atomic mass is 32.1. The molecule has 4 N–H and O–H groups in total. The molecule has 0 spiro atoms. The lowest BCUT2D eigenvalue weighted by Gasteiger charge is -2.17. The van der Waals surface area contributed by atoms with Crippen molar-refractivity contribution in [3.05, 3.63) is 4.88 Å². The SMILES string of the molecule is CC(C)CNc1nc(N)c(C(=O)N(C)CCC(C)O)s1. The van der Waals surface area contributed by atoms with E-state index in [1.54, 1.807) is 18.9 Å². The second-order valence-electron chi connectivity index (χ2n) is 5.37. The molecule has 20 heavy (non-hydrogen) atoms. The summed E-state index contributed by atoms with van der Waals surface area (Å²) in [6, 6.07) is 0. The third-order valence-corrected chi connectivity index (χ3v) is 3.75. The molecule has 7 heteroatoms. The standard InChI is InChI=1S/C13H24N4O2S/c1-8(2)7-15-13-16-11(14)10(20-13)12(19)17(4)6-5-9(3)18/h8-9,18H,5-7,14H2,1-4H3,(H,15,16). The molecule has 0 saturated heterocycles. The zero-order valence-corrected chi connectivity index (χ0v) is 13.3. The maximum atomic E-state index is 12.2. The normalized spacial score (nSPS) is 12.5. The topological polar surface area (TPSA) is 91.5 Å². The maximum absolute atomic E-state index is 12.2. The number of hydrogen-bond acceptors (Lipinski definition) is 6. The van der Waals surface area contributed by atoms with Gasteiger partial charge in [-0.15, -0.1) is 0 Å². The lowest BCUT2D eigenvalue weighted by atomic mass is 10.2. The van der Waals surface area contributed by atoms with Crippen LogP contribution in [0.2, 0.25) is 0 Å². The summed E-state index contributed by atoms with van der Waals surface area (Å²) in [5.41, 5.74) is 5.80. The van der Waals surface area contributed by atoms with Gasteiger partial charge in [-0.2, -0.15) is 0 Å². The summed E-state index contributed by atoms with van der Waals surface area (Å²) in [7, 11) is 1.70. The Kier molecular flexibility index (Phi) is 6.22. The first-order valence-corrected chi connectivity index (χ1v) is 7.56. The third-order valence-electron chi connectivity index (χ3n) is 2.74. The molecule has 1 heterocycles. The molecule has 1 amide bonds. The Bertz CT molecular complexity index is 446. The first kappa shape index (κ1) is 16.7. The average Bonchev–Trinajstić information content (AvgIpc) is 2.73. The van der Waals surface area contributed by atoms with Gasteiger partial charge in [-0.05, 0) is 19.3 Å². The van der Waals surface area contributed by atoms with Gasteiger partial charge in [0.25, 0.3) is 5.91 Å². The van der Waals surface area contributed by atoms with E-state index in [-0.39, 0.29) is 11.7 Å². The predicted octanol–water partition coefficient (Wildman–Crippen LogP) is 1.64. The van der Waals surface area contributed by atoms with Gasteiger partial charge in [0.15, 0.2) is 5.13 Å². The first-order valence-electron chi connectivity index (χ1n) is 6.75. The number of aromatic nitrogens is 1. The van der Waals surface area contributed by atoms with Crippen molar-refractivity contribution in [2.45, 2.75) is 33.3 Å². The van der Waals surface area contributed by atoms with Crippen molar-refractivity contribution in [3.63, 3.8) is 0 Å². The highest BCUT2D eigenvalue weighted by Gasteiger charge is 2.20. The number of carbonyl (C=O) groups is 1. The molecule has 114 valence electrons. The van der Waals surface area contributed by atoms with Crippen molar-refractivity contribution in [2.75, 3.05) is 31.2 Å². The summed E-state index contributed by atoms with van der Waals surface area (Å²) in [6.07, 6.45) is 0.117. The summed E-state index contributed by atoms with van der Waals surface area (Å²) in [5.74, 6) is 0.599. The molecule has 1 aromatic rings. The van der Waals surface area contributed by atoms with Gasteiger partial charge in [0.2, 0.25) is 0 Å². The fourth-order valence-electron chi connectivity index (χ4n) is 1.51. The van der Waals surface area contributed by atoms with Gasteiger partial charge >= 0.3 is 0 Å². The minimum atomic E-state index is -0.424. The van der Waals surface area contributed by atoms with E-state index in [1.807, 2.05) is 0 Å². The van der Waals surface area contributed by atoms with Crippen LogP contribution in [0, 0.1) is 5.92 Å². The molecule has 0 aliphatic rings. The number of nitrogens with one attached hydrogen (secondary N) is 1. The van der Waals surface area contributed by atoms with Crippen LogP contribution in [0.15, 0.2) is 0 Å². The Hall–Kier alpha value is -1.34. The van der Waals surface area contributed by atoms with Gasteiger partial charge in [-0.25, -0.2) is 4.98 Å². The largest absolute Gasteiger partial charge is 0.393 e. The Balaban J connectivity index is 2.68. The van der Waals surface area contributed by atoms with Crippen LogP contribution in [0.25, 0.3) is 0 Å². The Labute approximate surface area is 124 Å². The van der Waals surface area contributed by atoms with Crippen molar-refractivity contribution in [1.29, 1.82) is 0 Å². The van der Waals surface area contributed by atoms with E-state index in [2.05, 4.69) is 24.1 Å². The molecular weight excluding hydrogens is 276 g/mol. The van der Waals surface area contributed by atoms with Crippen LogP contribution < -0.4 is 11.1 Å². The van der Waals surface area contributed by atoms with Gasteiger partial charge in [0.1, 0.15) is 10.7 Å². The predicted molar refractivity (Wildman–Crippen MR) is 83.1 cm³/mol. The number of thiazole rings is 1. The van der Waals surface area contributed by atoms with Crippen molar-refractivity contribution in [2.24, 2.45) is 5.92 Å². The van der Waals surface area contributed by atoms with E-state index >= 15 is 0 Å². The molecule has 0 aromatic carbocycles. The van der Waals surface area contributed by atoms with E-state index in [1.165, 1.54) is 11.3 Å². The number of nitrogens with zero attached hydrogens (tertiary/aromatic N) is 2. The van der Waals surface area contributed by atoms with Crippen molar-refractivity contribution in [3.8, 4) is 0 Å². The molecule has 0 bridgehead atoms. The lowest BCUT2D eigenvalue weighted by Crippen LogP contribution is -2.29. The fourth-order valence-corrected chi connectivity index (χ4v) is 2.39. The minimum Gasteiger partial charge on any atom is -0.393 e. The maximum Gasteiger partial charge on any atom is 0.267 e. The molecule has 1 unspecified atom stereocenters. The molecule has 0 radical (unpaired) electrons. The van der Waals surface area contributed by atoms with Crippen LogP contribution in [0.4, 0.5) is 10.9 Å². The van der Waals surface area contributed by atoms with Gasteiger partial charge in [-0.3, -0.25) is 4.79 Å². The second-order valence-corrected chi connectivity index (χ2v) is 6.37. The summed E-state index contributed by atoms with van der Waals surface area (Å²) in [4.78, 5) is 18.4. The monoisotopic (exact) mass is 300 g/mol. The lowest BCUT2D eigenvalue weighted by molar-refractivity contribution is 0.0774. The quantitative estimate of drug-likeness (QED) is 0.712. The van der Waals surface area contributed by atoms with Crippen LogP contribution in [0.5, 0.6) is 0 Å². The molecule has 1 aromatic heterocycles. The van der Waals surface area contributed by atoms with Crippen molar-refractivity contribution >= 4 is 28.2 Å². The molecule has 1 rings (SSSR count). The van der Waals surface area contributed by atoms with E-state index in [0.29, 0.717) is 28.9 Å². The number of carbonyl (C=O) groups excluding carboxylic acids is 1. The molecule has 1 atom stereocenters. The number of amides is 1. The van der Waals surface area contributed by atoms with Crippen LogP contribution in [0.1, 0.15) is 36.9 Å². The minimum absolute atomic E-state index is 0.154. The molecule has 0 aliphatic heterocycles.